The number of nitrogens with one attached hydrogen (secondary N) is 1. The fourth-order valence-electron chi connectivity index (χ4n) is 1.38. The Labute approximate surface area is 99.3 Å². The van der Waals surface area contributed by atoms with Crippen LogP contribution in [-0.4, -0.2) is 49.7 Å². The minimum absolute atomic E-state index is 0.0532. The van der Waals surface area contributed by atoms with E-state index in [4.69, 9.17) is 4.74 Å². The van der Waals surface area contributed by atoms with Crippen molar-refractivity contribution in [1.82, 2.24) is 10.2 Å². The van der Waals surface area contributed by atoms with Crippen molar-refractivity contribution in [2.75, 3.05) is 33.3 Å². The lowest BCUT2D eigenvalue weighted by molar-refractivity contribution is -0.139. The van der Waals surface area contributed by atoms with Gasteiger partial charge in [0.25, 0.3) is 5.91 Å². The Morgan fingerprint density at radius 2 is 1.94 bits per heavy atom. The number of nitrogens with zero attached hydrogens (tertiary/aromatic N) is 1. The largest absolute Gasteiger partial charge is 0.369 e. The third kappa shape index (κ3) is 5.47. The Bertz CT molecular complexity index is 205. The molecular formula is C12H26N2O2. The van der Waals surface area contributed by atoms with E-state index in [9.17, 15) is 4.79 Å². The zero-order valence-electron chi connectivity index (χ0n) is 11.3. The van der Waals surface area contributed by atoms with E-state index < -0.39 is 5.60 Å². The molecule has 0 saturated heterocycles. The van der Waals surface area contributed by atoms with Gasteiger partial charge in [0, 0.05) is 20.2 Å². The highest BCUT2D eigenvalue weighted by molar-refractivity contribution is 5.84. The minimum atomic E-state index is -0.734. The zero-order chi connectivity index (χ0) is 12.6. The Balaban J connectivity index is 3.84. The molecule has 0 radical (unpaired) electrons. The summed E-state index contributed by atoms with van der Waals surface area (Å²) in [6.07, 6.45) is 1.14. The molecule has 0 aliphatic heterocycles. The van der Waals surface area contributed by atoms with Crippen molar-refractivity contribution in [2.24, 2.45) is 0 Å². The van der Waals surface area contributed by atoms with Crippen LogP contribution < -0.4 is 5.32 Å². The van der Waals surface area contributed by atoms with Crippen molar-refractivity contribution in [1.29, 1.82) is 0 Å². The second-order valence-corrected chi connectivity index (χ2v) is 4.40. The van der Waals surface area contributed by atoms with Crippen LogP contribution in [0.1, 0.15) is 34.1 Å². The Kier molecular flexibility index (Phi) is 7.34. The summed E-state index contributed by atoms with van der Waals surface area (Å²) in [6, 6.07) is 0. The molecule has 0 aromatic heterocycles. The topological polar surface area (TPSA) is 41.6 Å². The van der Waals surface area contributed by atoms with Crippen LogP contribution in [0.4, 0.5) is 0 Å². The number of carbonyl (C=O) groups is 1. The summed E-state index contributed by atoms with van der Waals surface area (Å²) in [4.78, 5) is 14.0. The number of ether oxygens (including phenoxy) is 1. The number of likely N-dealkylation sites (N-methyl/N-ethyl adjacent to an activating group) is 1. The van der Waals surface area contributed by atoms with Crippen molar-refractivity contribution in [3.05, 3.63) is 0 Å². The molecule has 4 heteroatoms. The van der Waals surface area contributed by atoms with Gasteiger partial charge in [-0.25, -0.2) is 0 Å². The van der Waals surface area contributed by atoms with Crippen molar-refractivity contribution in [3.8, 4) is 0 Å². The van der Waals surface area contributed by atoms with Gasteiger partial charge in [-0.1, -0.05) is 13.8 Å². The summed E-state index contributed by atoms with van der Waals surface area (Å²) in [5.41, 5.74) is -0.734. The average Bonchev–Trinajstić information content (AvgIpc) is 2.27. The van der Waals surface area contributed by atoms with Crippen LogP contribution in [0.25, 0.3) is 0 Å². The summed E-state index contributed by atoms with van der Waals surface area (Å²) in [5.74, 6) is -0.0532. The molecule has 16 heavy (non-hydrogen) atoms. The maximum Gasteiger partial charge on any atom is 0.251 e. The zero-order valence-corrected chi connectivity index (χ0v) is 11.3. The maximum absolute atomic E-state index is 11.7. The van der Waals surface area contributed by atoms with Gasteiger partial charge in [0.2, 0.25) is 0 Å². The number of amides is 1. The molecule has 0 unspecified atom stereocenters. The molecule has 0 bridgehead atoms. The molecule has 96 valence electrons. The predicted octanol–water partition coefficient (Wildman–Crippen LogP) is 1.26. The first-order valence-corrected chi connectivity index (χ1v) is 6.03. The fraction of sp³-hybridized carbons (Fsp3) is 0.917. The van der Waals surface area contributed by atoms with Crippen molar-refractivity contribution < 1.29 is 9.53 Å². The second kappa shape index (κ2) is 7.63. The van der Waals surface area contributed by atoms with Gasteiger partial charge in [-0.3, -0.25) is 4.79 Å². The van der Waals surface area contributed by atoms with Crippen LogP contribution in [0.5, 0.6) is 0 Å². The summed E-state index contributed by atoms with van der Waals surface area (Å²) < 4.78 is 5.11. The molecule has 1 amide bonds. The number of hydrogen-bond acceptors (Lipinski definition) is 3. The Morgan fingerprint density at radius 1 is 1.31 bits per heavy atom. The SMILES string of the molecule is CCCN(CC)CCNC(=O)C(C)(C)OC. The minimum Gasteiger partial charge on any atom is -0.369 e. The maximum atomic E-state index is 11.7. The van der Waals surface area contributed by atoms with E-state index in [0.29, 0.717) is 6.54 Å². The third-order valence-corrected chi connectivity index (χ3v) is 2.76. The first kappa shape index (κ1) is 15.4. The summed E-state index contributed by atoms with van der Waals surface area (Å²) in [7, 11) is 1.55. The lowest BCUT2D eigenvalue weighted by Crippen LogP contribution is -2.46. The second-order valence-electron chi connectivity index (χ2n) is 4.40. The number of methoxy groups -OCH3 is 1. The molecule has 0 atom stereocenters. The van der Waals surface area contributed by atoms with Crippen LogP contribution in [-0.2, 0) is 9.53 Å². The molecule has 1 N–H and O–H groups in total. The first-order chi connectivity index (χ1) is 7.47. The molecular weight excluding hydrogens is 204 g/mol. The van der Waals surface area contributed by atoms with Crippen LogP contribution in [0.3, 0.4) is 0 Å². The van der Waals surface area contributed by atoms with Gasteiger partial charge in [-0.15, -0.1) is 0 Å². The number of carbonyl (C=O) groups excluding carboxylic acids is 1. The molecule has 4 nitrogen and oxygen atoms in total. The molecule has 0 heterocycles. The van der Waals surface area contributed by atoms with E-state index in [1.807, 2.05) is 0 Å². The van der Waals surface area contributed by atoms with E-state index in [0.717, 1.165) is 26.1 Å². The van der Waals surface area contributed by atoms with Crippen LogP contribution in [0, 0.1) is 0 Å². The number of hydrogen-bond donors (Lipinski definition) is 1. The van der Waals surface area contributed by atoms with Gasteiger partial charge in [0.15, 0.2) is 0 Å². The van der Waals surface area contributed by atoms with Gasteiger partial charge in [0.1, 0.15) is 5.60 Å². The summed E-state index contributed by atoms with van der Waals surface area (Å²) in [6.45, 7) is 11.5. The van der Waals surface area contributed by atoms with Gasteiger partial charge in [0.05, 0.1) is 0 Å². The fourth-order valence-corrected chi connectivity index (χ4v) is 1.38. The average molecular weight is 230 g/mol. The Hall–Kier alpha value is -0.610. The monoisotopic (exact) mass is 230 g/mol. The molecule has 0 aliphatic carbocycles. The van der Waals surface area contributed by atoms with Gasteiger partial charge in [-0.05, 0) is 33.4 Å². The van der Waals surface area contributed by atoms with Gasteiger partial charge >= 0.3 is 0 Å². The smallest absolute Gasteiger partial charge is 0.251 e. The highest BCUT2D eigenvalue weighted by Gasteiger charge is 2.26. The van der Waals surface area contributed by atoms with Crippen LogP contribution >= 0.6 is 0 Å². The van der Waals surface area contributed by atoms with E-state index >= 15 is 0 Å². The Morgan fingerprint density at radius 3 is 2.38 bits per heavy atom. The van der Waals surface area contributed by atoms with E-state index in [1.54, 1.807) is 21.0 Å². The van der Waals surface area contributed by atoms with E-state index in [2.05, 4.69) is 24.1 Å². The van der Waals surface area contributed by atoms with Crippen LogP contribution in [0.2, 0.25) is 0 Å². The highest BCUT2D eigenvalue weighted by atomic mass is 16.5. The van der Waals surface area contributed by atoms with Gasteiger partial charge < -0.3 is 15.0 Å². The molecule has 0 spiro atoms. The van der Waals surface area contributed by atoms with E-state index in [-0.39, 0.29) is 5.91 Å². The third-order valence-electron chi connectivity index (χ3n) is 2.76. The quantitative estimate of drug-likeness (QED) is 0.682. The normalized spacial score (nSPS) is 11.9. The van der Waals surface area contributed by atoms with Crippen molar-refractivity contribution in [3.63, 3.8) is 0 Å². The molecule has 0 rings (SSSR count). The lowest BCUT2D eigenvalue weighted by atomic mass is 10.1. The molecule has 0 aliphatic rings. The predicted molar refractivity (Wildman–Crippen MR) is 66.5 cm³/mol. The number of rotatable bonds is 8. The highest BCUT2D eigenvalue weighted by Crippen LogP contribution is 2.06. The van der Waals surface area contributed by atoms with Crippen molar-refractivity contribution >= 4 is 5.91 Å². The molecule has 0 saturated carbocycles. The van der Waals surface area contributed by atoms with Crippen molar-refractivity contribution in [2.45, 2.75) is 39.7 Å². The molecule has 0 aromatic rings. The van der Waals surface area contributed by atoms with Crippen LogP contribution in [0.15, 0.2) is 0 Å². The molecule has 0 aromatic carbocycles. The van der Waals surface area contributed by atoms with E-state index in [1.165, 1.54) is 0 Å². The summed E-state index contributed by atoms with van der Waals surface area (Å²) in [5, 5.41) is 2.89. The standard InChI is InChI=1S/C12H26N2O2/c1-6-9-14(7-2)10-8-13-11(15)12(3,4)16-5/h6-10H2,1-5H3,(H,13,15). The summed E-state index contributed by atoms with van der Waals surface area (Å²) >= 11 is 0. The van der Waals surface area contributed by atoms with Gasteiger partial charge in [-0.2, -0.15) is 0 Å². The molecule has 0 fully saturated rings. The lowest BCUT2D eigenvalue weighted by Gasteiger charge is -2.24. The first-order valence-electron chi connectivity index (χ1n) is 6.03.